The molecule has 0 atom stereocenters. The van der Waals surface area contributed by atoms with Gasteiger partial charge in [0.2, 0.25) is 0 Å². The summed E-state index contributed by atoms with van der Waals surface area (Å²) in [5.74, 6) is -0.716. The summed E-state index contributed by atoms with van der Waals surface area (Å²) in [6, 6.07) is 6.35. The van der Waals surface area contributed by atoms with Crippen LogP contribution in [0.1, 0.15) is 29.6 Å². The van der Waals surface area contributed by atoms with Crippen LogP contribution in [0.2, 0.25) is 0 Å². The Bertz CT molecular complexity index is 491. The Morgan fingerprint density at radius 3 is 2.30 bits per heavy atom. The van der Waals surface area contributed by atoms with Gasteiger partial charge in [-0.25, -0.2) is 4.79 Å². The molecule has 2 rings (SSSR count). The van der Waals surface area contributed by atoms with Gasteiger partial charge in [0.15, 0.2) is 5.96 Å². The number of nitrogens with zero attached hydrogens (tertiary/aromatic N) is 1. The van der Waals surface area contributed by atoms with E-state index in [0.29, 0.717) is 5.69 Å². The molecule has 6 nitrogen and oxygen atoms in total. The molecule has 0 amide bonds. The molecule has 0 unspecified atom stereocenters. The highest BCUT2D eigenvalue weighted by Gasteiger charge is 2.09. The van der Waals surface area contributed by atoms with Gasteiger partial charge in [-0.3, -0.25) is 5.41 Å². The Morgan fingerprint density at radius 1 is 1.13 bits per heavy atom. The van der Waals surface area contributed by atoms with E-state index in [1.807, 2.05) is 0 Å². The number of aromatic carboxylic acids is 1. The molecule has 0 saturated carbocycles. The topological polar surface area (TPSA) is 88.5 Å². The Hall–Kier alpha value is -1.50. The highest BCUT2D eigenvalue weighted by Crippen LogP contribution is 2.09. The van der Waals surface area contributed by atoms with Crippen LogP contribution in [0.25, 0.3) is 0 Å². The standard InChI is InChI=1S/C15H22N4O2.2ClH/c16-15(17-8-11-19-9-2-1-3-10-19)18-13-6-4-12(5-7-13)14(20)21;;/h4-7H,1-3,8-11H2,(H,20,21)(H3,16,17,18);2*1H. The molecule has 1 fully saturated rings. The number of anilines is 1. The summed E-state index contributed by atoms with van der Waals surface area (Å²) in [6.45, 7) is 3.99. The van der Waals surface area contributed by atoms with E-state index >= 15 is 0 Å². The van der Waals surface area contributed by atoms with E-state index in [1.165, 1.54) is 31.4 Å². The normalized spacial score (nSPS) is 14.1. The van der Waals surface area contributed by atoms with Gasteiger partial charge in [-0.2, -0.15) is 0 Å². The second-order valence-electron chi connectivity index (χ2n) is 5.21. The maximum Gasteiger partial charge on any atom is 0.335 e. The average Bonchev–Trinajstić information content (AvgIpc) is 2.49. The van der Waals surface area contributed by atoms with Crippen LogP contribution in [0, 0.1) is 5.41 Å². The second-order valence-corrected chi connectivity index (χ2v) is 5.21. The van der Waals surface area contributed by atoms with Gasteiger partial charge in [0.05, 0.1) is 5.56 Å². The summed E-state index contributed by atoms with van der Waals surface area (Å²) in [5, 5.41) is 22.6. The minimum Gasteiger partial charge on any atom is -0.478 e. The van der Waals surface area contributed by atoms with Crippen molar-refractivity contribution in [2.75, 3.05) is 31.5 Å². The van der Waals surface area contributed by atoms with E-state index in [4.69, 9.17) is 10.5 Å². The zero-order chi connectivity index (χ0) is 15.1. The fourth-order valence-electron chi connectivity index (χ4n) is 2.41. The van der Waals surface area contributed by atoms with Crippen LogP contribution in [0.3, 0.4) is 0 Å². The molecule has 0 bridgehead atoms. The summed E-state index contributed by atoms with van der Waals surface area (Å²) < 4.78 is 0. The van der Waals surface area contributed by atoms with Gasteiger partial charge < -0.3 is 20.6 Å². The third kappa shape index (κ3) is 7.54. The van der Waals surface area contributed by atoms with Gasteiger partial charge in [-0.05, 0) is 50.2 Å². The zero-order valence-electron chi connectivity index (χ0n) is 12.9. The molecule has 0 aliphatic carbocycles. The van der Waals surface area contributed by atoms with E-state index < -0.39 is 5.97 Å². The third-order valence-corrected chi connectivity index (χ3v) is 3.58. The number of guanidine groups is 1. The minimum atomic E-state index is -0.948. The maximum atomic E-state index is 10.7. The monoisotopic (exact) mass is 362 g/mol. The number of piperidine rings is 1. The molecular formula is C15H24Cl2N4O2. The van der Waals surface area contributed by atoms with Crippen molar-refractivity contribution >= 4 is 42.4 Å². The molecule has 1 aromatic rings. The number of nitrogens with one attached hydrogen (secondary N) is 3. The number of carbonyl (C=O) groups is 1. The summed E-state index contributed by atoms with van der Waals surface area (Å²) in [5.41, 5.74) is 0.945. The second kappa shape index (κ2) is 11.1. The maximum absolute atomic E-state index is 10.7. The number of carboxylic acid groups (broad SMARTS) is 1. The zero-order valence-corrected chi connectivity index (χ0v) is 14.5. The molecular weight excluding hydrogens is 339 g/mol. The Kier molecular flexibility index (Phi) is 10.4. The SMILES string of the molecule is Cl.Cl.N=C(NCCN1CCCCC1)Nc1ccc(C(=O)O)cc1. The molecule has 1 saturated heterocycles. The Morgan fingerprint density at radius 2 is 1.74 bits per heavy atom. The van der Waals surface area contributed by atoms with Gasteiger partial charge in [-0.1, -0.05) is 6.42 Å². The molecule has 130 valence electrons. The van der Waals surface area contributed by atoms with Crippen LogP contribution < -0.4 is 10.6 Å². The molecule has 0 aromatic heterocycles. The first-order chi connectivity index (χ1) is 10.1. The van der Waals surface area contributed by atoms with Crippen LogP contribution in [0.15, 0.2) is 24.3 Å². The van der Waals surface area contributed by atoms with Gasteiger partial charge in [0, 0.05) is 18.8 Å². The lowest BCUT2D eigenvalue weighted by Crippen LogP contribution is -2.39. The number of rotatable bonds is 5. The molecule has 1 aromatic carbocycles. The number of hydrogen-bond donors (Lipinski definition) is 4. The van der Waals surface area contributed by atoms with E-state index in [0.717, 1.165) is 26.2 Å². The number of likely N-dealkylation sites (tertiary alicyclic amines) is 1. The molecule has 0 radical (unpaired) electrons. The van der Waals surface area contributed by atoms with E-state index in [2.05, 4.69) is 15.5 Å². The number of carboxylic acids is 1. The minimum absolute atomic E-state index is 0. The smallest absolute Gasteiger partial charge is 0.335 e. The van der Waals surface area contributed by atoms with Crippen molar-refractivity contribution in [2.45, 2.75) is 19.3 Å². The van der Waals surface area contributed by atoms with Crippen molar-refractivity contribution in [3.63, 3.8) is 0 Å². The lowest BCUT2D eigenvalue weighted by Gasteiger charge is -2.26. The van der Waals surface area contributed by atoms with Crippen molar-refractivity contribution in [1.82, 2.24) is 10.2 Å². The summed E-state index contributed by atoms with van der Waals surface area (Å²) in [7, 11) is 0. The summed E-state index contributed by atoms with van der Waals surface area (Å²) in [6.07, 6.45) is 3.87. The highest BCUT2D eigenvalue weighted by atomic mass is 35.5. The first-order valence-corrected chi connectivity index (χ1v) is 7.30. The van der Waals surface area contributed by atoms with Gasteiger partial charge >= 0.3 is 5.97 Å². The van der Waals surface area contributed by atoms with Gasteiger partial charge in [0.1, 0.15) is 0 Å². The van der Waals surface area contributed by atoms with Gasteiger partial charge in [-0.15, -0.1) is 24.8 Å². The average molecular weight is 363 g/mol. The molecule has 1 heterocycles. The van der Waals surface area contributed by atoms with Crippen molar-refractivity contribution in [3.05, 3.63) is 29.8 Å². The summed E-state index contributed by atoms with van der Waals surface area (Å²) in [4.78, 5) is 13.2. The van der Waals surface area contributed by atoms with Crippen molar-refractivity contribution in [3.8, 4) is 0 Å². The van der Waals surface area contributed by atoms with Crippen LogP contribution in [0.5, 0.6) is 0 Å². The van der Waals surface area contributed by atoms with Crippen LogP contribution >= 0.6 is 24.8 Å². The molecule has 1 aliphatic rings. The lowest BCUT2D eigenvalue weighted by molar-refractivity contribution is 0.0697. The van der Waals surface area contributed by atoms with Gasteiger partial charge in [0.25, 0.3) is 0 Å². The first-order valence-electron chi connectivity index (χ1n) is 7.30. The first kappa shape index (κ1) is 21.5. The van der Waals surface area contributed by atoms with Crippen molar-refractivity contribution in [1.29, 1.82) is 5.41 Å². The Labute approximate surface area is 149 Å². The predicted molar refractivity (Wildman–Crippen MR) is 97.5 cm³/mol. The largest absolute Gasteiger partial charge is 0.478 e. The molecule has 23 heavy (non-hydrogen) atoms. The molecule has 1 aliphatic heterocycles. The lowest BCUT2D eigenvalue weighted by atomic mass is 10.1. The van der Waals surface area contributed by atoms with E-state index in [-0.39, 0.29) is 36.3 Å². The highest BCUT2D eigenvalue weighted by molar-refractivity contribution is 5.92. The summed E-state index contributed by atoms with van der Waals surface area (Å²) >= 11 is 0. The number of halogens is 2. The van der Waals surface area contributed by atoms with E-state index in [1.54, 1.807) is 12.1 Å². The number of benzene rings is 1. The van der Waals surface area contributed by atoms with Crippen molar-refractivity contribution in [2.24, 2.45) is 0 Å². The van der Waals surface area contributed by atoms with Crippen LogP contribution in [-0.4, -0.2) is 48.1 Å². The van der Waals surface area contributed by atoms with Crippen LogP contribution in [0.4, 0.5) is 5.69 Å². The molecule has 0 spiro atoms. The molecule has 4 N–H and O–H groups in total. The third-order valence-electron chi connectivity index (χ3n) is 3.58. The predicted octanol–water partition coefficient (Wildman–Crippen LogP) is 2.65. The Balaban J connectivity index is 0.00000242. The molecule has 8 heteroatoms. The fourth-order valence-corrected chi connectivity index (χ4v) is 2.41. The van der Waals surface area contributed by atoms with Crippen LogP contribution in [-0.2, 0) is 0 Å². The quantitative estimate of drug-likeness (QED) is 0.477. The van der Waals surface area contributed by atoms with E-state index in [9.17, 15) is 4.79 Å². The fraction of sp³-hybridized carbons (Fsp3) is 0.467. The number of hydrogen-bond acceptors (Lipinski definition) is 3. The van der Waals surface area contributed by atoms with Crippen molar-refractivity contribution < 1.29 is 9.90 Å².